The van der Waals surface area contributed by atoms with E-state index in [1.54, 1.807) is 12.1 Å². The fraction of sp³-hybridized carbons (Fsp3) is 0.500. The van der Waals surface area contributed by atoms with Crippen LogP contribution in [0.1, 0.15) is 37.7 Å². The Bertz CT molecular complexity index is 304. The molecule has 0 bridgehead atoms. The van der Waals surface area contributed by atoms with E-state index in [-0.39, 0.29) is 17.9 Å². The average Bonchev–Trinajstić information content (AvgIpc) is 2.19. The highest BCUT2D eigenvalue weighted by atomic mass is 35.5. The molecule has 0 amide bonds. The van der Waals surface area contributed by atoms with Crippen molar-refractivity contribution in [1.82, 2.24) is 0 Å². The molecule has 0 spiro atoms. The zero-order valence-corrected chi connectivity index (χ0v) is 9.59. The van der Waals surface area contributed by atoms with Gasteiger partial charge in [0.1, 0.15) is 5.75 Å². The number of benzene rings is 1. The van der Waals surface area contributed by atoms with Crippen LogP contribution in [-0.4, -0.2) is 5.11 Å². The lowest BCUT2D eigenvalue weighted by atomic mass is 9.77. The first-order valence-electron chi connectivity index (χ1n) is 5.29. The highest BCUT2D eigenvalue weighted by Crippen LogP contribution is 2.35. The summed E-state index contributed by atoms with van der Waals surface area (Å²) in [5.74, 6) is 0.313. The summed E-state index contributed by atoms with van der Waals surface area (Å²) in [6, 6.07) is 7.33. The minimum atomic E-state index is -0.147. The monoisotopic (exact) mass is 227 g/mol. The third kappa shape index (κ3) is 2.64. The molecule has 1 fully saturated rings. The van der Waals surface area contributed by atoms with E-state index >= 15 is 0 Å². The van der Waals surface area contributed by atoms with Crippen molar-refractivity contribution >= 4 is 12.4 Å². The molecule has 2 rings (SSSR count). The number of hydrogen-bond acceptors (Lipinski definition) is 2. The molecule has 3 heteroatoms. The Labute approximate surface area is 96.9 Å². The van der Waals surface area contributed by atoms with Gasteiger partial charge in [0, 0.05) is 5.54 Å². The third-order valence-corrected chi connectivity index (χ3v) is 3.19. The second-order valence-electron chi connectivity index (χ2n) is 4.26. The maximum Gasteiger partial charge on any atom is 0.115 e. The predicted octanol–water partition coefficient (Wildman–Crippen LogP) is 2.93. The number of phenols is 1. The Hall–Kier alpha value is -0.730. The van der Waals surface area contributed by atoms with Gasteiger partial charge in [0.25, 0.3) is 0 Å². The van der Waals surface area contributed by atoms with Crippen molar-refractivity contribution in [3.8, 4) is 5.75 Å². The van der Waals surface area contributed by atoms with Crippen molar-refractivity contribution < 1.29 is 5.11 Å². The molecule has 0 unspecified atom stereocenters. The summed E-state index contributed by atoms with van der Waals surface area (Å²) >= 11 is 0. The van der Waals surface area contributed by atoms with Crippen LogP contribution < -0.4 is 5.73 Å². The summed E-state index contributed by atoms with van der Waals surface area (Å²) in [7, 11) is 0. The van der Waals surface area contributed by atoms with Gasteiger partial charge in [0.15, 0.2) is 0 Å². The molecule has 1 saturated carbocycles. The fourth-order valence-corrected chi connectivity index (χ4v) is 2.26. The maximum absolute atomic E-state index is 9.20. The molecule has 0 saturated heterocycles. The number of phenolic OH excluding ortho intramolecular Hbond substituents is 1. The predicted molar refractivity (Wildman–Crippen MR) is 64.3 cm³/mol. The van der Waals surface area contributed by atoms with E-state index in [1.165, 1.54) is 19.3 Å². The van der Waals surface area contributed by atoms with Crippen LogP contribution >= 0.6 is 12.4 Å². The molecule has 15 heavy (non-hydrogen) atoms. The van der Waals surface area contributed by atoms with Crippen molar-refractivity contribution in [2.75, 3.05) is 0 Å². The number of nitrogens with two attached hydrogens (primary N) is 1. The van der Waals surface area contributed by atoms with Crippen LogP contribution in [0.4, 0.5) is 0 Å². The van der Waals surface area contributed by atoms with E-state index in [2.05, 4.69) is 0 Å². The zero-order chi connectivity index (χ0) is 10.0. The molecule has 1 aliphatic rings. The molecule has 0 heterocycles. The summed E-state index contributed by atoms with van der Waals surface area (Å²) in [5.41, 5.74) is 7.36. The highest BCUT2D eigenvalue weighted by Gasteiger charge is 2.28. The van der Waals surface area contributed by atoms with Gasteiger partial charge in [-0.05, 0) is 30.5 Å². The average molecular weight is 228 g/mol. The molecule has 1 aliphatic carbocycles. The molecule has 0 aliphatic heterocycles. The van der Waals surface area contributed by atoms with Crippen LogP contribution in [0.3, 0.4) is 0 Å². The normalized spacial score (nSPS) is 19.3. The topological polar surface area (TPSA) is 46.2 Å². The van der Waals surface area contributed by atoms with Gasteiger partial charge in [-0.15, -0.1) is 12.4 Å². The van der Waals surface area contributed by atoms with Crippen LogP contribution in [-0.2, 0) is 5.54 Å². The number of aromatic hydroxyl groups is 1. The quantitative estimate of drug-likeness (QED) is 0.775. The summed E-state index contributed by atoms with van der Waals surface area (Å²) in [6.45, 7) is 0. The van der Waals surface area contributed by atoms with Crippen molar-refractivity contribution in [2.24, 2.45) is 5.73 Å². The number of halogens is 1. The molecule has 84 valence electrons. The van der Waals surface area contributed by atoms with E-state index in [0.717, 1.165) is 18.4 Å². The minimum Gasteiger partial charge on any atom is -0.508 e. The van der Waals surface area contributed by atoms with Crippen LogP contribution in [0.15, 0.2) is 24.3 Å². The van der Waals surface area contributed by atoms with E-state index < -0.39 is 0 Å². The highest BCUT2D eigenvalue weighted by molar-refractivity contribution is 5.85. The second-order valence-corrected chi connectivity index (χ2v) is 4.26. The molecular formula is C12H18ClNO. The van der Waals surface area contributed by atoms with E-state index in [4.69, 9.17) is 5.73 Å². The third-order valence-electron chi connectivity index (χ3n) is 3.19. The summed E-state index contributed by atoms with van der Waals surface area (Å²) in [4.78, 5) is 0. The lowest BCUT2D eigenvalue weighted by Crippen LogP contribution is -2.38. The van der Waals surface area contributed by atoms with E-state index in [1.807, 2.05) is 12.1 Å². The van der Waals surface area contributed by atoms with E-state index in [9.17, 15) is 5.11 Å². The van der Waals surface area contributed by atoms with Crippen LogP contribution in [0.2, 0.25) is 0 Å². The molecule has 3 N–H and O–H groups in total. The number of hydrogen-bond donors (Lipinski definition) is 2. The van der Waals surface area contributed by atoms with Gasteiger partial charge in [-0.3, -0.25) is 0 Å². The Kier molecular flexibility index (Phi) is 4.00. The minimum absolute atomic E-state index is 0. The van der Waals surface area contributed by atoms with Crippen molar-refractivity contribution in [2.45, 2.75) is 37.6 Å². The van der Waals surface area contributed by atoms with Crippen molar-refractivity contribution in [1.29, 1.82) is 0 Å². The van der Waals surface area contributed by atoms with Gasteiger partial charge in [-0.25, -0.2) is 0 Å². The SMILES string of the molecule is Cl.NC1(c2ccc(O)cc2)CCCCC1. The standard InChI is InChI=1S/C12H17NO.ClH/c13-12(8-2-1-3-9-12)10-4-6-11(14)7-5-10;/h4-7,14H,1-3,8-9,13H2;1H. The number of rotatable bonds is 1. The Morgan fingerprint density at radius 1 is 1.00 bits per heavy atom. The molecule has 1 aromatic rings. The largest absolute Gasteiger partial charge is 0.508 e. The fourth-order valence-electron chi connectivity index (χ4n) is 2.26. The lowest BCUT2D eigenvalue weighted by molar-refractivity contribution is 0.302. The van der Waals surface area contributed by atoms with Gasteiger partial charge in [-0.2, -0.15) is 0 Å². The molecular weight excluding hydrogens is 210 g/mol. The molecule has 0 atom stereocenters. The first-order chi connectivity index (χ1) is 6.71. The lowest BCUT2D eigenvalue weighted by Gasteiger charge is -2.33. The van der Waals surface area contributed by atoms with Crippen LogP contribution in [0, 0.1) is 0 Å². The second kappa shape index (κ2) is 4.86. The van der Waals surface area contributed by atoms with Gasteiger partial charge < -0.3 is 10.8 Å². The van der Waals surface area contributed by atoms with Crippen molar-refractivity contribution in [3.05, 3.63) is 29.8 Å². The Morgan fingerprint density at radius 3 is 2.07 bits per heavy atom. The molecule has 2 nitrogen and oxygen atoms in total. The zero-order valence-electron chi connectivity index (χ0n) is 8.78. The van der Waals surface area contributed by atoms with Crippen LogP contribution in [0.25, 0.3) is 0 Å². The Balaban J connectivity index is 0.00000112. The Morgan fingerprint density at radius 2 is 1.53 bits per heavy atom. The first kappa shape index (κ1) is 12.3. The first-order valence-corrected chi connectivity index (χ1v) is 5.29. The van der Waals surface area contributed by atoms with Crippen LogP contribution in [0.5, 0.6) is 5.75 Å². The molecule has 0 aromatic heterocycles. The van der Waals surface area contributed by atoms with Crippen molar-refractivity contribution in [3.63, 3.8) is 0 Å². The summed E-state index contributed by atoms with van der Waals surface area (Å²) in [6.07, 6.45) is 5.88. The molecule has 0 radical (unpaired) electrons. The smallest absolute Gasteiger partial charge is 0.115 e. The summed E-state index contributed by atoms with van der Waals surface area (Å²) in [5, 5.41) is 9.20. The maximum atomic E-state index is 9.20. The van der Waals surface area contributed by atoms with Gasteiger partial charge in [0.2, 0.25) is 0 Å². The van der Waals surface area contributed by atoms with Gasteiger partial charge in [-0.1, -0.05) is 31.4 Å². The summed E-state index contributed by atoms with van der Waals surface area (Å²) < 4.78 is 0. The molecule has 1 aromatic carbocycles. The van der Waals surface area contributed by atoms with Gasteiger partial charge >= 0.3 is 0 Å². The van der Waals surface area contributed by atoms with Gasteiger partial charge in [0.05, 0.1) is 0 Å². The van der Waals surface area contributed by atoms with E-state index in [0.29, 0.717) is 5.75 Å².